The quantitative estimate of drug-likeness (QED) is 0.609. The molecule has 0 saturated carbocycles. The van der Waals surface area contributed by atoms with Crippen LogP contribution in [0.2, 0.25) is 0 Å². The van der Waals surface area contributed by atoms with Crippen LogP contribution < -0.4 is 0 Å². The van der Waals surface area contributed by atoms with Gasteiger partial charge in [0.25, 0.3) is 0 Å². The molecule has 0 radical (unpaired) electrons. The summed E-state index contributed by atoms with van der Waals surface area (Å²) in [5.74, 6) is 0. The summed E-state index contributed by atoms with van der Waals surface area (Å²) in [5.41, 5.74) is 1.16. The maximum atomic E-state index is 12.3. The van der Waals surface area contributed by atoms with Crippen LogP contribution in [0.15, 0.2) is 18.2 Å². The summed E-state index contributed by atoms with van der Waals surface area (Å²) in [7, 11) is 0. The van der Waals surface area contributed by atoms with E-state index in [1.54, 1.807) is 12.1 Å². The third kappa shape index (κ3) is 4.00. The minimum absolute atomic E-state index is 0.211. The first kappa shape index (κ1) is 13.3. The maximum absolute atomic E-state index is 12.3. The van der Waals surface area contributed by atoms with E-state index < -0.39 is 12.6 Å². The summed E-state index contributed by atoms with van der Waals surface area (Å²) in [6, 6.07) is 6.35. The fourth-order valence-corrected chi connectivity index (χ4v) is 2.00. The van der Waals surface area contributed by atoms with Crippen molar-refractivity contribution in [2.24, 2.45) is 0 Å². The van der Waals surface area contributed by atoms with Crippen molar-refractivity contribution < 1.29 is 13.2 Å². The van der Waals surface area contributed by atoms with Crippen molar-refractivity contribution >= 4 is 22.6 Å². The van der Waals surface area contributed by atoms with Crippen molar-refractivity contribution in [2.45, 2.75) is 19.0 Å². The third-order valence-electron chi connectivity index (χ3n) is 2.09. The Balaban J connectivity index is 3.06. The number of halogens is 4. The van der Waals surface area contributed by atoms with Crippen LogP contribution in [-0.2, 0) is 12.8 Å². The zero-order valence-electron chi connectivity index (χ0n) is 8.31. The van der Waals surface area contributed by atoms with Gasteiger partial charge in [-0.3, -0.25) is 0 Å². The van der Waals surface area contributed by atoms with Gasteiger partial charge in [-0.15, -0.1) is 0 Å². The lowest BCUT2D eigenvalue weighted by Gasteiger charge is -2.11. The van der Waals surface area contributed by atoms with Crippen molar-refractivity contribution in [1.82, 2.24) is 0 Å². The maximum Gasteiger partial charge on any atom is 0.393 e. The number of nitriles is 1. The van der Waals surface area contributed by atoms with Gasteiger partial charge in [0.05, 0.1) is 18.1 Å². The fourth-order valence-electron chi connectivity index (χ4n) is 1.42. The van der Waals surface area contributed by atoms with Crippen LogP contribution in [-0.4, -0.2) is 10.6 Å². The monoisotopic (exact) mass is 339 g/mol. The molecule has 0 atom stereocenters. The Bertz CT molecular complexity index is 407. The van der Waals surface area contributed by atoms with Gasteiger partial charge in [0.1, 0.15) is 0 Å². The van der Waals surface area contributed by atoms with Crippen molar-refractivity contribution in [3.05, 3.63) is 34.9 Å². The molecule has 0 unspecified atom stereocenters. The first-order chi connectivity index (χ1) is 7.46. The largest absolute Gasteiger partial charge is 0.393 e. The Morgan fingerprint density at radius 3 is 2.44 bits per heavy atom. The molecular weight excluding hydrogens is 330 g/mol. The molecule has 86 valence electrons. The Labute approximate surface area is 105 Å². The Morgan fingerprint density at radius 2 is 1.94 bits per heavy atom. The van der Waals surface area contributed by atoms with Crippen LogP contribution in [0.3, 0.4) is 0 Å². The second-order valence-electron chi connectivity index (χ2n) is 3.33. The van der Waals surface area contributed by atoms with Crippen LogP contribution >= 0.6 is 22.6 Å². The van der Waals surface area contributed by atoms with Gasteiger partial charge in [-0.1, -0.05) is 28.7 Å². The molecule has 1 nitrogen and oxygen atoms in total. The normalized spacial score (nSPS) is 11.2. The van der Waals surface area contributed by atoms with E-state index in [1.165, 1.54) is 6.07 Å². The average Bonchev–Trinajstić information content (AvgIpc) is 2.18. The average molecular weight is 339 g/mol. The van der Waals surface area contributed by atoms with E-state index in [0.29, 0.717) is 12.0 Å². The molecule has 0 fully saturated rings. The van der Waals surface area contributed by atoms with E-state index in [4.69, 9.17) is 5.26 Å². The number of rotatable bonds is 3. The summed E-state index contributed by atoms with van der Waals surface area (Å²) in [6.45, 7) is 0. The highest BCUT2D eigenvalue weighted by Gasteiger charge is 2.28. The number of alkyl halides is 4. The van der Waals surface area contributed by atoms with Crippen molar-refractivity contribution in [3.63, 3.8) is 0 Å². The molecule has 1 aromatic carbocycles. The molecule has 0 amide bonds. The minimum Gasteiger partial charge on any atom is -0.192 e. The van der Waals surface area contributed by atoms with Gasteiger partial charge >= 0.3 is 6.18 Å². The zero-order valence-corrected chi connectivity index (χ0v) is 10.5. The Morgan fingerprint density at radius 1 is 1.25 bits per heavy atom. The van der Waals surface area contributed by atoms with Crippen molar-refractivity contribution in [3.8, 4) is 6.07 Å². The number of benzene rings is 1. The zero-order chi connectivity index (χ0) is 12.2. The standard InChI is InChI=1S/C11H9F3IN/c12-11(13,14)6-10-5-8(7-16)1-2-9(10)3-4-15/h1-2,5H,3-4,6H2. The van der Waals surface area contributed by atoms with E-state index in [1.807, 2.05) is 6.07 Å². The summed E-state index contributed by atoms with van der Waals surface area (Å²) in [5, 5.41) is 8.65. The fraction of sp³-hybridized carbons (Fsp3) is 0.364. The van der Waals surface area contributed by atoms with Crippen LogP contribution in [0.4, 0.5) is 13.2 Å². The summed E-state index contributed by atoms with van der Waals surface area (Å²) < 4.78 is 37.7. The number of nitrogens with zero attached hydrogens (tertiary/aromatic N) is 1. The molecule has 0 aliphatic carbocycles. The molecular formula is C11H9F3IN. The Kier molecular flexibility index (Phi) is 4.59. The van der Waals surface area contributed by atoms with E-state index in [9.17, 15) is 13.2 Å². The van der Waals surface area contributed by atoms with Crippen LogP contribution in [0.25, 0.3) is 0 Å². The lowest BCUT2D eigenvalue weighted by molar-refractivity contribution is -0.127. The Hall–Kier alpha value is -0.770. The second-order valence-corrected chi connectivity index (χ2v) is 4.40. The molecule has 0 aliphatic heterocycles. The molecule has 0 spiro atoms. The van der Waals surface area contributed by atoms with E-state index >= 15 is 0 Å². The number of aryl methyl sites for hydroxylation is 1. The molecule has 1 rings (SSSR count). The van der Waals surface area contributed by atoms with Gasteiger partial charge in [-0.25, -0.2) is 0 Å². The molecule has 0 saturated heterocycles. The predicted molar refractivity (Wildman–Crippen MR) is 63.5 cm³/mol. The van der Waals surface area contributed by atoms with Gasteiger partial charge in [0, 0.05) is 4.43 Å². The first-order valence-corrected chi connectivity index (χ1v) is 6.13. The van der Waals surface area contributed by atoms with Gasteiger partial charge < -0.3 is 0 Å². The highest BCUT2D eigenvalue weighted by molar-refractivity contribution is 14.1. The van der Waals surface area contributed by atoms with Gasteiger partial charge in [-0.05, 0) is 29.7 Å². The lowest BCUT2D eigenvalue weighted by atomic mass is 10.00. The van der Waals surface area contributed by atoms with E-state index in [0.717, 1.165) is 4.43 Å². The number of hydrogen-bond donors (Lipinski definition) is 0. The molecule has 16 heavy (non-hydrogen) atoms. The summed E-state index contributed by atoms with van der Waals surface area (Å²) >= 11 is 2.12. The molecule has 5 heteroatoms. The van der Waals surface area contributed by atoms with Crippen molar-refractivity contribution in [2.75, 3.05) is 4.43 Å². The van der Waals surface area contributed by atoms with Crippen molar-refractivity contribution in [1.29, 1.82) is 5.26 Å². The summed E-state index contributed by atoms with van der Waals surface area (Å²) in [4.78, 5) is 0. The number of hydrogen-bond acceptors (Lipinski definition) is 1. The van der Waals surface area contributed by atoms with Gasteiger partial charge in [0.2, 0.25) is 0 Å². The van der Waals surface area contributed by atoms with Crippen LogP contribution in [0, 0.1) is 11.3 Å². The topological polar surface area (TPSA) is 23.8 Å². The first-order valence-electron chi connectivity index (χ1n) is 4.61. The van der Waals surface area contributed by atoms with E-state index in [-0.39, 0.29) is 11.1 Å². The summed E-state index contributed by atoms with van der Waals surface area (Å²) in [6.07, 6.45) is -4.60. The molecule has 0 heterocycles. The molecule has 0 aliphatic rings. The molecule has 0 aromatic heterocycles. The van der Waals surface area contributed by atoms with Gasteiger partial charge in [0.15, 0.2) is 0 Å². The predicted octanol–water partition coefficient (Wildman–Crippen LogP) is 3.64. The highest BCUT2D eigenvalue weighted by Crippen LogP contribution is 2.24. The minimum atomic E-state index is -4.23. The molecule has 0 N–H and O–H groups in total. The second kappa shape index (κ2) is 5.53. The van der Waals surface area contributed by atoms with Crippen LogP contribution in [0.5, 0.6) is 0 Å². The van der Waals surface area contributed by atoms with Crippen LogP contribution in [0.1, 0.15) is 16.7 Å². The molecule has 1 aromatic rings. The highest BCUT2D eigenvalue weighted by atomic mass is 127. The van der Waals surface area contributed by atoms with E-state index in [2.05, 4.69) is 22.6 Å². The third-order valence-corrected chi connectivity index (χ3v) is 2.63. The smallest absolute Gasteiger partial charge is 0.192 e. The lowest BCUT2D eigenvalue weighted by Crippen LogP contribution is -2.13. The van der Waals surface area contributed by atoms with Gasteiger partial charge in [-0.2, -0.15) is 18.4 Å². The molecule has 0 bridgehead atoms. The SMILES string of the molecule is N#Cc1ccc(CCI)c(CC(F)(F)F)c1.